The second-order valence-corrected chi connectivity index (χ2v) is 4.63. The molecule has 6 heteroatoms. The number of imidazole rings is 1. The van der Waals surface area contributed by atoms with Crippen LogP contribution < -0.4 is 16.2 Å². The van der Waals surface area contributed by atoms with E-state index in [1.54, 1.807) is 36.4 Å². The van der Waals surface area contributed by atoms with Gasteiger partial charge in [-0.1, -0.05) is 0 Å². The first-order valence-electron chi connectivity index (χ1n) is 6.29. The van der Waals surface area contributed by atoms with Gasteiger partial charge in [-0.2, -0.15) is 0 Å². The molecule has 0 atom stereocenters. The van der Waals surface area contributed by atoms with Crippen LogP contribution in [0.4, 0.5) is 5.69 Å². The standard InChI is InChI=1S/C15H13N3O3/c1-21-13-7-9(2-4-10(13)16)14(19)8-3-5-11-12(6-8)18-15(20)17-11/h2-7H,16H2,1H3,(H2,17,18,20). The molecule has 0 bridgehead atoms. The van der Waals surface area contributed by atoms with E-state index in [4.69, 9.17) is 10.5 Å². The predicted octanol–water partition coefficient (Wildman–Crippen LogP) is 1.68. The molecule has 0 fully saturated rings. The highest BCUT2D eigenvalue weighted by Gasteiger charge is 2.12. The minimum absolute atomic E-state index is 0.169. The summed E-state index contributed by atoms with van der Waals surface area (Å²) in [5.74, 6) is 0.286. The topological polar surface area (TPSA) is 101 Å². The molecular weight excluding hydrogens is 270 g/mol. The average Bonchev–Trinajstić information content (AvgIpc) is 2.86. The van der Waals surface area contributed by atoms with Crippen LogP contribution in [0.5, 0.6) is 5.75 Å². The molecule has 0 aliphatic rings. The summed E-state index contributed by atoms with van der Waals surface area (Å²) in [6.07, 6.45) is 0. The quantitative estimate of drug-likeness (QED) is 0.502. The van der Waals surface area contributed by atoms with Gasteiger partial charge in [0, 0.05) is 11.1 Å². The molecule has 0 saturated carbocycles. The van der Waals surface area contributed by atoms with E-state index < -0.39 is 0 Å². The van der Waals surface area contributed by atoms with E-state index in [-0.39, 0.29) is 11.5 Å². The third kappa shape index (κ3) is 2.27. The fourth-order valence-corrected chi connectivity index (χ4v) is 2.19. The number of rotatable bonds is 3. The first-order valence-corrected chi connectivity index (χ1v) is 6.29. The Bertz CT molecular complexity index is 893. The van der Waals surface area contributed by atoms with E-state index in [0.717, 1.165) is 0 Å². The van der Waals surface area contributed by atoms with Crippen molar-refractivity contribution >= 4 is 22.5 Å². The number of nitrogens with two attached hydrogens (primary N) is 1. The Morgan fingerprint density at radius 2 is 1.71 bits per heavy atom. The molecule has 1 heterocycles. The number of methoxy groups -OCH3 is 1. The lowest BCUT2D eigenvalue weighted by Gasteiger charge is -2.07. The van der Waals surface area contributed by atoms with Crippen LogP contribution in [0.25, 0.3) is 11.0 Å². The molecule has 0 saturated heterocycles. The molecule has 4 N–H and O–H groups in total. The predicted molar refractivity (Wildman–Crippen MR) is 79.8 cm³/mol. The van der Waals surface area contributed by atoms with Crippen LogP contribution in [0.2, 0.25) is 0 Å². The second kappa shape index (κ2) is 4.82. The summed E-state index contributed by atoms with van der Waals surface area (Å²) in [4.78, 5) is 29.0. The minimum Gasteiger partial charge on any atom is -0.495 e. The molecule has 106 valence electrons. The van der Waals surface area contributed by atoms with E-state index in [1.165, 1.54) is 7.11 Å². The second-order valence-electron chi connectivity index (χ2n) is 4.63. The molecule has 0 amide bonds. The summed E-state index contributed by atoms with van der Waals surface area (Å²) >= 11 is 0. The Morgan fingerprint density at radius 1 is 1.05 bits per heavy atom. The zero-order valence-corrected chi connectivity index (χ0v) is 11.3. The van der Waals surface area contributed by atoms with Gasteiger partial charge in [-0.25, -0.2) is 4.79 Å². The van der Waals surface area contributed by atoms with Crippen LogP contribution in [0, 0.1) is 0 Å². The van der Waals surface area contributed by atoms with Crippen LogP contribution in [0.1, 0.15) is 15.9 Å². The van der Waals surface area contributed by atoms with Gasteiger partial charge in [0.1, 0.15) is 5.75 Å². The number of aromatic nitrogens is 2. The van der Waals surface area contributed by atoms with Crippen molar-refractivity contribution in [3.05, 3.63) is 58.0 Å². The molecule has 1 aromatic heterocycles. The van der Waals surface area contributed by atoms with E-state index in [1.807, 2.05) is 0 Å². The van der Waals surface area contributed by atoms with Crippen molar-refractivity contribution < 1.29 is 9.53 Å². The van der Waals surface area contributed by atoms with Crippen molar-refractivity contribution in [1.29, 1.82) is 0 Å². The van der Waals surface area contributed by atoms with Gasteiger partial charge in [0.2, 0.25) is 0 Å². The number of ether oxygens (including phenoxy) is 1. The Balaban J connectivity index is 2.05. The van der Waals surface area contributed by atoms with Crippen molar-refractivity contribution in [2.24, 2.45) is 0 Å². The van der Waals surface area contributed by atoms with Crippen molar-refractivity contribution in [2.45, 2.75) is 0 Å². The molecule has 3 rings (SSSR count). The Morgan fingerprint density at radius 3 is 2.48 bits per heavy atom. The number of fused-ring (bicyclic) bond motifs is 1. The highest BCUT2D eigenvalue weighted by atomic mass is 16.5. The fourth-order valence-electron chi connectivity index (χ4n) is 2.19. The largest absolute Gasteiger partial charge is 0.495 e. The summed E-state index contributed by atoms with van der Waals surface area (Å²) < 4.78 is 5.12. The SMILES string of the molecule is COc1cc(C(=O)c2ccc3[nH]c(=O)[nH]c3c2)ccc1N. The number of benzene rings is 2. The highest BCUT2D eigenvalue weighted by Crippen LogP contribution is 2.24. The van der Waals surface area contributed by atoms with Crippen LogP contribution in [-0.4, -0.2) is 22.9 Å². The van der Waals surface area contributed by atoms with Gasteiger partial charge in [-0.15, -0.1) is 0 Å². The number of carbonyl (C=O) groups excluding carboxylic acids is 1. The Hall–Kier alpha value is -3.02. The number of H-pyrrole nitrogens is 2. The first-order chi connectivity index (χ1) is 10.1. The van der Waals surface area contributed by atoms with Crippen LogP contribution >= 0.6 is 0 Å². The normalized spacial score (nSPS) is 10.7. The smallest absolute Gasteiger partial charge is 0.323 e. The zero-order chi connectivity index (χ0) is 15.0. The number of nitrogens with one attached hydrogen (secondary N) is 2. The Labute approximate surface area is 119 Å². The average molecular weight is 283 g/mol. The van der Waals surface area contributed by atoms with E-state index in [0.29, 0.717) is 33.6 Å². The van der Waals surface area contributed by atoms with Crippen molar-refractivity contribution in [3.63, 3.8) is 0 Å². The maximum atomic E-state index is 12.5. The van der Waals surface area contributed by atoms with E-state index in [9.17, 15) is 9.59 Å². The molecule has 0 aliphatic heterocycles. The maximum absolute atomic E-state index is 12.5. The monoisotopic (exact) mass is 283 g/mol. The number of hydrogen-bond acceptors (Lipinski definition) is 4. The minimum atomic E-state index is -0.302. The van der Waals surface area contributed by atoms with Gasteiger partial charge in [-0.3, -0.25) is 4.79 Å². The maximum Gasteiger partial charge on any atom is 0.323 e. The fraction of sp³-hybridized carbons (Fsp3) is 0.0667. The van der Waals surface area contributed by atoms with Crippen molar-refractivity contribution in [1.82, 2.24) is 9.97 Å². The van der Waals surface area contributed by atoms with Gasteiger partial charge in [0.15, 0.2) is 5.78 Å². The van der Waals surface area contributed by atoms with Crippen molar-refractivity contribution in [2.75, 3.05) is 12.8 Å². The molecule has 21 heavy (non-hydrogen) atoms. The number of anilines is 1. The van der Waals surface area contributed by atoms with E-state index in [2.05, 4.69) is 9.97 Å². The summed E-state index contributed by atoms with van der Waals surface area (Å²) in [6.45, 7) is 0. The molecule has 0 aliphatic carbocycles. The van der Waals surface area contributed by atoms with Gasteiger partial charge in [-0.05, 0) is 36.4 Å². The van der Waals surface area contributed by atoms with Gasteiger partial charge in [0.25, 0.3) is 0 Å². The molecule has 0 radical (unpaired) electrons. The number of nitrogen functional groups attached to an aromatic ring is 1. The van der Waals surface area contributed by atoms with Crippen molar-refractivity contribution in [3.8, 4) is 5.75 Å². The molecule has 0 unspecified atom stereocenters. The summed E-state index contributed by atoms with van der Waals surface area (Å²) in [7, 11) is 1.50. The number of ketones is 1. The van der Waals surface area contributed by atoms with Gasteiger partial charge < -0.3 is 20.4 Å². The third-order valence-electron chi connectivity index (χ3n) is 3.27. The van der Waals surface area contributed by atoms with Crippen LogP contribution in [0.15, 0.2) is 41.2 Å². The summed E-state index contributed by atoms with van der Waals surface area (Å²) in [6, 6.07) is 9.86. The summed E-state index contributed by atoms with van der Waals surface area (Å²) in [5.41, 5.74) is 8.10. The highest BCUT2D eigenvalue weighted by molar-refractivity contribution is 6.10. The van der Waals surface area contributed by atoms with Gasteiger partial charge in [0.05, 0.1) is 23.8 Å². The lowest BCUT2D eigenvalue weighted by Crippen LogP contribution is -2.03. The first kappa shape index (κ1) is 13.0. The number of carbonyl (C=O) groups is 1. The molecule has 2 aromatic carbocycles. The lowest BCUT2D eigenvalue weighted by molar-refractivity contribution is 0.103. The van der Waals surface area contributed by atoms with Gasteiger partial charge >= 0.3 is 5.69 Å². The third-order valence-corrected chi connectivity index (χ3v) is 3.27. The number of hydrogen-bond donors (Lipinski definition) is 3. The van der Waals surface area contributed by atoms with Crippen LogP contribution in [0.3, 0.4) is 0 Å². The molecule has 6 nitrogen and oxygen atoms in total. The molecular formula is C15H13N3O3. The summed E-state index contributed by atoms with van der Waals surface area (Å²) in [5, 5.41) is 0. The Kier molecular flexibility index (Phi) is 2.98. The molecule has 3 aromatic rings. The van der Waals surface area contributed by atoms with Crippen LogP contribution in [-0.2, 0) is 0 Å². The zero-order valence-electron chi connectivity index (χ0n) is 11.3. The lowest BCUT2D eigenvalue weighted by atomic mass is 10.0. The molecule has 0 spiro atoms. The number of aromatic amines is 2. The van der Waals surface area contributed by atoms with E-state index >= 15 is 0 Å².